The molecule has 1 aromatic rings. The molecule has 0 bridgehead atoms. The summed E-state index contributed by atoms with van der Waals surface area (Å²) in [5.74, 6) is 4.83. The SMILES string of the molecule is CC(C)C(C)N(C)Cc1cc(C(=O)NN)ccc1F. The maximum atomic E-state index is 13.8. The van der Waals surface area contributed by atoms with Crippen molar-refractivity contribution in [2.24, 2.45) is 11.8 Å². The summed E-state index contributed by atoms with van der Waals surface area (Å²) in [6.07, 6.45) is 0. The van der Waals surface area contributed by atoms with E-state index >= 15 is 0 Å². The van der Waals surface area contributed by atoms with E-state index in [1.807, 2.05) is 12.5 Å². The summed E-state index contributed by atoms with van der Waals surface area (Å²) in [6.45, 7) is 6.79. The van der Waals surface area contributed by atoms with Crippen molar-refractivity contribution in [3.05, 3.63) is 35.1 Å². The molecule has 1 atom stereocenters. The first-order chi connectivity index (χ1) is 8.86. The number of amides is 1. The Labute approximate surface area is 113 Å². The smallest absolute Gasteiger partial charge is 0.265 e. The van der Waals surface area contributed by atoms with Gasteiger partial charge in [0.2, 0.25) is 0 Å². The Morgan fingerprint density at radius 3 is 2.58 bits per heavy atom. The summed E-state index contributed by atoms with van der Waals surface area (Å²) in [5.41, 5.74) is 2.91. The van der Waals surface area contributed by atoms with Crippen LogP contribution < -0.4 is 11.3 Å². The van der Waals surface area contributed by atoms with Gasteiger partial charge in [0.25, 0.3) is 5.91 Å². The van der Waals surface area contributed by atoms with Crippen molar-refractivity contribution in [1.82, 2.24) is 10.3 Å². The number of carbonyl (C=O) groups excluding carboxylic acids is 1. The molecule has 0 saturated heterocycles. The summed E-state index contributed by atoms with van der Waals surface area (Å²) in [6, 6.07) is 4.59. The summed E-state index contributed by atoms with van der Waals surface area (Å²) in [4.78, 5) is 13.5. The van der Waals surface area contributed by atoms with Crippen LogP contribution in [0.3, 0.4) is 0 Å². The number of nitrogen functional groups attached to an aromatic ring is 1. The first-order valence-corrected chi connectivity index (χ1v) is 6.36. The molecule has 0 saturated carbocycles. The van der Waals surface area contributed by atoms with E-state index in [0.29, 0.717) is 29.6 Å². The number of carbonyl (C=O) groups is 1. The number of hydrogen-bond donors (Lipinski definition) is 2. The first kappa shape index (κ1) is 15.6. The van der Waals surface area contributed by atoms with Crippen molar-refractivity contribution in [2.75, 3.05) is 7.05 Å². The molecule has 0 aliphatic carbocycles. The predicted molar refractivity (Wildman–Crippen MR) is 73.8 cm³/mol. The average Bonchev–Trinajstić information content (AvgIpc) is 2.39. The van der Waals surface area contributed by atoms with E-state index < -0.39 is 5.91 Å². The maximum Gasteiger partial charge on any atom is 0.265 e. The van der Waals surface area contributed by atoms with Crippen LogP contribution in [0.5, 0.6) is 0 Å². The molecule has 1 amide bonds. The molecule has 106 valence electrons. The number of rotatable bonds is 5. The molecule has 0 aliphatic rings. The molecule has 1 rings (SSSR count). The lowest BCUT2D eigenvalue weighted by molar-refractivity contribution is 0.0953. The Hall–Kier alpha value is -1.46. The topological polar surface area (TPSA) is 58.4 Å². The van der Waals surface area contributed by atoms with Gasteiger partial charge < -0.3 is 0 Å². The normalized spacial score (nSPS) is 12.8. The quantitative estimate of drug-likeness (QED) is 0.487. The average molecular weight is 267 g/mol. The lowest BCUT2D eigenvalue weighted by Gasteiger charge is -2.28. The second-order valence-corrected chi connectivity index (χ2v) is 5.18. The van der Waals surface area contributed by atoms with Crippen LogP contribution in [-0.4, -0.2) is 23.9 Å². The van der Waals surface area contributed by atoms with E-state index in [-0.39, 0.29) is 5.82 Å². The van der Waals surface area contributed by atoms with Crippen molar-refractivity contribution >= 4 is 5.91 Å². The number of benzene rings is 1. The Morgan fingerprint density at radius 2 is 2.05 bits per heavy atom. The third-order valence-electron chi connectivity index (χ3n) is 3.52. The van der Waals surface area contributed by atoms with Crippen LogP contribution in [0.2, 0.25) is 0 Å². The van der Waals surface area contributed by atoms with E-state index in [2.05, 4.69) is 25.7 Å². The van der Waals surface area contributed by atoms with Crippen molar-refractivity contribution in [3.8, 4) is 0 Å². The lowest BCUT2D eigenvalue weighted by atomic mass is 10.0. The maximum absolute atomic E-state index is 13.8. The van der Waals surface area contributed by atoms with Gasteiger partial charge in [0.05, 0.1) is 0 Å². The number of halogens is 1. The molecule has 4 nitrogen and oxygen atoms in total. The fourth-order valence-corrected chi connectivity index (χ4v) is 1.84. The van der Waals surface area contributed by atoms with Crippen LogP contribution in [0.4, 0.5) is 4.39 Å². The number of hydrazine groups is 1. The molecule has 0 aromatic heterocycles. The molecule has 0 spiro atoms. The molecule has 3 N–H and O–H groups in total. The molecule has 0 heterocycles. The minimum absolute atomic E-state index is 0.309. The summed E-state index contributed by atoms with van der Waals surface area (Å²) in [7, 11) is 1.94. The van der Waals surface area contributed by atoms with Gasteiger partial charge in [-0.25, -0.2) is 10.2 Å². The monoisotopic (exact) mass is 267 g/mol. The van der Waals surface area contributed by atoms with E-state index in [1.165, 1.54) is 12.1 Å². The lowest BCUT2D eigenvalue weighted by Crippen LogP contribution is -2.33. The van der Waals surface area contributed by atoms with Gasteiger partial charge >= 0.3 is 0 Å². The highest BCUT2D eigenvalue weighted by atomic mass is 19.1. The molecule has 0 radical (unpaired) electrons. The van der Waals surface area contributed by atoms with Gasteiger partial charge in [0.1, 0.15) is 5.82 Å². The fourth-order valence-electron chi connectivity index (χ4n) is 1.84. The van der Waals surface area contributed by atoms with Gasteiger partial charge in [-0.3, -0.25) is 15.1 Å². The number of nitrogens with zero attached hydrogens (tertiary/aromatic N) is 1. The van der Waals surface area contributed by atoms with Gasteiger partial charge in [-0.2, -0.15) is 0 Å². The summed E-state index contributed by atoms with van der Waals surface area (Å²) in [5, 5.41) is 0. The molecular formula is C14H22FN3O. The van der Waals surface area contributed by atoms with Gasteiger partial charge in [-0.1, -0.05) is 13.8 Å². The van der Waals surface area contributed by atoms with Crippen LogP contribution >= 0.6 is 0 Å². The highest BCUT2D eigenvalue weighted by Gasteiger charge is 2.16. The van der Waals surface area contributed by atoms with E-state index in [0.717, 1.165) is 0 Å². The Bertz CT molecular complexity index is 448. The zero-order valence-corrected chi connectivity index (χ0v) is 11.9. The molecule has 19 heavy (non-hydrogen) atoms. The highest BCUT2D eigenvalue weighted by molar-refractivity contribution is 5.93. The predicted octanol–water partition coefficient (Wildman–Crippen LogP) is 1.91. The van der Waals surface area contributed by atoms with Crippen LogP contribution in [0.25, 0.3) is 0 Å². The Balaban J connectivity index is 2.91. The van der Waals surface area contributed by atoms with Crippen LogP contribution in [0.15, 0.2) is 18.2 Å². The highest BCUT2D eigenvalue weighted by Crippen LogP contribution is 2.16. The van der Waals surface area contributed by atoms with Gasteiger partial charge in [-0.15, -0.1) is 0 Å². The van der Waals surface area contributed by atoms with Crippen molar-refractivity contribution in [2.45, 2.75) is 33.4 Å². The zero-order valence-electron chi connectivity index (χ0n) is 11.9. The van der Waals surface area contributed by atoms with Crippen molar-refractivity contribution in [3.63, 3.8) is 0 Å². The molecule has 5 heteroatoms. The number of hydrogen-bond acceptors (Lipinski definition) is 3. The Morgan fingerprint density at radius 1 is 1.42 bits per heavy atom. The fraction of sp³-hybridized carbons (Fsp3) is 0.500. The third-order valence-corrected chi connectivity index (χ3v) is 3.52. The molecule has 1 aromatic carbocycles. The van der Waals surface area contributed by atoms with Gasteiger partial charge in [0.15, 0.2) is 0 Å². The first-order valence-electron chi connectivity index (χ1n) is 6.36. The third kappa shape index (κ3) is 4.01. The van der Waals surface area contributed by atoms with E-state index in [9.17, 15) is 9.18 Å². The van der Waals surface area contributed by atoms with Crippen LogP contribution in [0.1, 0.15) is 36.7 Å². The van der Waals surface area contributed by atoms with Crippen LogP contribution in [0, 0.1) is 11.7 Å². The Kier molecular flexibility index (Phi) is 5.44. The second-order valence-electron chi connectivity index (χ2n) is 5.18. The summed E-state index contributed by atoms with van der Waals surface area (Å²) >= 11 is 0. The van der Waals surface area contributed by atoms with Gasteiger partial charge in [-0.05, 0) is 38.1 Å². The van der Waals surface area contributed by atoms with Crippen molar-refractivity contribution < 1.29 is 9.18 Å². The van der Waals surface area contributed by atoms with E-state index in [4.69, 9.17) is 5.84 Å². The number of nitrogens with two attached hydrogens (primary N) is 1. The standard InChI is InChI=1S/C14H22FN3O/c1-9(2)10(3)18(4)8-12-7-11(14(19)17-16)5-6-13(12)15/h5-7,9-10H,8,16H2,1-4H3,(H,17,19). The second kappa shape index (κ2) is 6.63. The number of nitrogens with one attached hydrogen (secondary N) is 1. The minimum atomic E-state index is -0.416. The van der Waals surface area contributed by atoms with Crippen molar-refractivity contribution in [1.29, 1.82) is 0 Å². The molecule has 0 fully saturated rings. The van der Waals surface area contributed by atoms with E-state index in [1.54, 1.807) is 6.07 Å². The summed E-state index contributed by atoms with van der Waals surface area (Å²) < 4.78 is 13.8. The zero-order chi connectivity index (χ0) is 14.6. The molecule has 0 aliphatic heterocycles. The minimum Gasteiger partial charge on any atom is -0.299 e. The largest absolute Gasteiger partial charge is 0.299 e. The molecule has 1 unspecified atom stereocenters. The van der Waals surface area contributed by atoms with Gasteiger partial charge in [0, 0.05) is 23.7 Å². The molecular weight excluding hydrogens is 245 g/mol. The van der Waals surface area contributed by atoms with Crippen LogP contribution in [-0.2, 0) is 6.54 Å².